The average molecular weight is 324 g/mol. The quantitative estimate of drug-likeness (QED) is 0.648. The van der Waals surface area contributed by atoms with E-state index in [-0.39, 0.29) is 5.91 Å². The van der Waals surface area contributed by atoms with Crippen LogP contribution in [0.5, 0.6) is 0 Å². The Morgan fingerprint density at radius 1 is 1.38 bits per heavy atom. The number of nitrogens with one attached hydrogen (secondary N) is 1. The van der Waals surface area contributed by atoms with Gasteiger partial charge < -0.3 is 5.32 Å². The second kappa shape index (κ2) is 7.52. The molecular weight excluding hydrogens is 306 g/mol. The van der Waals surface area contributed by atoms with E-state index in [0.29, 0.717) is 6.42 Å². The summed E-state index contributed by atoms with van der Waals surface area (Å²) in [7, 11) is 1.82. The van der Waals surface area contributed by atoms with E-state index in [9.17, 15) is 4.79 Å². The molecule has 0 atom stereocenters. The average Bonchev–Trinajstić information content (AvgIpc) is 2.75. The Morgan fingerprint density at radius 2 is 2.10 bits per heavy atom. The van der Waals surface area contributed by atoms with Gasteiger partial charge in [0.25, 0.3) is 0 Å². The van der Waals surface area contributed by atoms with E-state index in [4.69, 9.17) is 11.6 Å². The number of thioether (sulfide) groups is 1. The lowest BCUT2D eigenvalue weighted by atomic mass is 10.3. The fourth-order valence-corrected chi connectivity index (χ4v) is 2.87. The van der Waals surface area contributed by atoms with Crippen LogP contribution in [-0.4, -0.2) is 21.4 Å². The summed E-state index contributed by atoms with van der Waals surface area (Å²) in [5, 5.41) is 7.81. The van der Waals surface area contributed by atoms with Gasteiger partial charge in [0.05, 0.1) is 5.69 Å². The second-order valence-electron chi connectivity index (χ2n) is 4.75. The van der Waals surface area contributed by atoms with E-state index in [1.165, 1.54) is 4.90 Å². The third-order valence-electron chi connectivity index (χ3n) is 2.90. The highest BCUT2D eigenvalue weighted by molar-refractivity contribution is 7.99. The van der Waals surface area contributed by atoms with Crippen molar-refractivity contribution in [1.29, 1.82) is 0 Å². The van der Waals surface area contributed by atoms with E-state index >= 15 is 0 Å². The number of carbonyl (C=O) groups excluding carboxylic acids is 1. The first kappa shape index (κ1) is 15.9. The monoisotopic (exact) mass is 323 g/mol. The molecule has 1 aromatic heterocycles. The zero-order chi connectivity index (χ0) is 15.2. The van der Waals surface area contributed by atoms with Gasteiger partial charge in [0, 0.05) is 29.5 Å². The van der Waals surface area contributed by atoms with Crippen LogP contribution in [0.15, 0.2) is 35.2 Å². The number of aromatic nitrogens is 2. The molecule has 1 amide bonds. The largest absolute Gasteiger partial charge is 0.311 e. The molecule has 1 heterocycles. The summed E-state index contributed by atoms with van der Waals surface area (Å²) in [6.45, 7) is 1.90. The number of anilines is 1. The third kappa shape index (κ3) is 5.10. The Bertz CT molecular complexity index is 610. The summed E-state index contributed by atoms with van der Waals surface area (Å²) in [6.07, 6.45) is 1.33. The van der Waals surface area contributed by atoms with Crippen molar-refractivity contribution >= 4 is 35.1 Å². The third-order valence-corrected chi connectivity index (χ3v) is 4.25. The topological polar surface area (TPSA) is 46.9 Å². The maximum Gasteiger partial charge on any atom is 0.225 e. The smallest absolute Gasteiger partial charge is 0.225 e. The van der Waals surface area contributed by atoms with Crippen LogP contribution in [0, 0.1) is 6.92 Å². The molecule has 1 aromatic carbocycles. The van der Waals surface area contributed by atoms with Crippen molar-refractivity contribution in [2.24, 2.45) is 7.05 Å². The first-order valence-electron chi connectivity index (χ1n) is 6.73. The van der Waals surface area contributed by atoms with Gasteiger partial charge in [-0.2, -0.15) is 5.10 Å². The van der Waals surface area contributed by atoms with Gasteiger partial charge in [-0.15, -0.1) is 11.8 Å². The predicted molar refractivity (Wildman–Crippen MR) is 88.0 cm³/mol. The normalized spacial score (nSPS) is 10.6. The number of aryl methyl sites for hydroxylation is 2. The highest BCUT2D eigenvalue weighted by Crippen LogP contribution is 2.21. The van der Waals surface area contributed by atoms with Gasteiger partial charge in [0.15, 0.2) is 0 Å². The van der Waals surface area contributed by atoms with E-state index in [0.717, 1.165) is 28.7 Å². The number of rotatable bonds is 6. The van der Waals surface area contributed by atoms with Crippen LogP contribution in [0.4, 0.5) is 5.82 Å². The highest BCUT2D eigenvalue weighted by Gasteiger charge is 2.06. The Morgan fingerprint density at radius 3 is 2.71 bits per heavy atom. The van der Waals surface area contributed by atoms with Crippen molar-refractivity contribution in [3.8, 4) is 0 Å². The van der Waals surface area contributed by atoms with Crippen LogP contribution in [0.1, 0.15) is 18.5 Å². The van der Waals surface area contributed by atoms with Gasteiger partial charge in [0.1, 0.15) is 5.82 Å². The maximum absolute atomic E-state index is 11.9. The van der Waals surface area contributed by atoms with E-state index < -0.39 is 0 Å². The molecule has 0 radical (unpaired) electrons. The molecule has 0 bridgehead atoms. The number of amides is 1. The van der Waals surface area contributed by atoms with Gasteiger partial charge in [-0.05, 0) is 43.4 Å². The molecule has 2 rings (SSSR count). The lowest BCUT2D eigenvalue weighted by molar-refractivity contribution is -0.116. The van der Waals surface area contributed by atoms with Crippen LogP contribution in [-0.2, 0) is 11.8 Å². The molecule has 1 N–H and O–H groups in total. The zero-order valence-corrected chi connectivity index (χ0v) is 13.7. The minimum absolute atomic E-state index is 0.0229. The Hall–Kier alpha value is -1.46. The summed E-state index contributed by atoms with van der Waals surface area (Å²) in [5.41, 5.74) is 0.895. The van der Waals surface area contributed by atoms with E-state index in [2.05, 4.69) is 10.4 Å². The second-order valence-corrected chi connectivity index (χ2v) is 6.35. The molecule has 0 fully saturated rings. The molecule has 2 aromatic rings. The standard InChI is InChI=1S/C15H18ClN3OS/c1-11-10-14(19(2)18-11)17-15(20)4-3-9-21-13-7-5-12(16)6-8-13/h5-8,10H,3-4,9H2,1-2H3,(H,17,20). The summed E-state index contributed by atoms with van der Waals surface area (Å²) < 4.78 is 1.68. The number of benzene rings is 1. The van der Waals surface area contributed by atoms with Gasteiger partial charge in [0.2, 0.25) is 5.91 Å². The molecule has 0 aliphatic rings. The molecule has 4 nitrogen and oxygen atoms in total. The summed E-state index contributed by atoms with van der Waals surface area (Å²) in [6, 6.07) is 9.60. The predicted octanol–water partition coefficient (Wildman–Crippen LogP) is 3.89. The molecule has 0 unspecified atom stereocenters. The van der Waals surface area contributed by atoms with E-state index in [1.54, 1.807) is 16.4 Å². The van der Waals surface area contributed by atoms with Gasteiger partial charge >= 0.3 is 0 Å². The van der Waals surface area contributed by atoms with Crippen LogP contribution < -0.4 is 5.32 Å². The minimum Gasteiger partial charge on any atom is -0.311 e. The summed E-state index contributed by atoms with van der Waals surface area (Å²) in [4.78, 5) is 13.0. The Labute approximate surface area is 133 Å². The molecule has 6 heteroatoms. The first-order chi connectivity index (χ1) is 10.0. The van der Waals surface area contributed by atoms with Crippen molar-refractivity contribution < 1.29 is 4.79 Å². The number of nitrogens with zero attached hydrogens (tertiary/aromatic N) is 2. The molecule has 0 spiro atoms. The molecule has 0 saturated heterocycles. The maximum atomic E-state index is 11.9. The van der Waals surface area contributed by atoms with Crippen molar-refractivity contribution in [3.05, 3.63) is 41.0 Å². The molecule has 0 aliphatic heterocycles. The van der Waals surface area contributed by atoms with Gasteiger partial charge in [-0.25, -0.2) is 0 Å². The number of hydrogen-bond donors (Lipinski definition) is 1. The Kier molecular flexibility index (Phi) is 5.70. The first-order valence-corrected chi connectivity index (χ1v) is 8.10. The van der Waals surface area contributed by atoms with Crippen molar-refractivity contribution in [3.63, 3.8) is 0 Å². The summed E-state index contributed by atoms with van der Waals surface area (Å²) >= 11 is 7.57. The van der Waals surface area contributed by atoms with Gasteiger partial charge in [-0.3, -0.25) is 9.48 Å². The van der Waals surface area contributed by atoms with Crippen molar-refractivity contribution in [2.45, 2.75) is 24.7 Å². The fraction of sp³-hybridized carbons (Fsp3) is 0.333. The van der Waals surface area contributed by atoms with Crippen LogP contribution >= 0.6 is 23.4 Å². The number of hydrogen-bond acceptors (Lipinski definition) is 3. The SMILES string of the molecule is Cc1cc(NC(=O)CCCSc2ccc(Cl)cc2)n(C)n1. The van der Waals surface area contributed by atoms with E-state index in [1.807, 2.05) is 44.3 Å². The van der Waals surface area contributed by atoms with Crippen molar-refractivity contribution in [1.82, 2.24) is 9.78 Å². The molecule has 21 heavy (non-hydrogen) atoms. The lowest BCUT2D eigenvalue weighted by Gasteiger charge is -2.05. The highest BCUT2D eigenvalue weighted by atomic mass is 35.5. The van der Waals surface area contributed by atoms with Crippen molar-refractivity contribution in [2.75, 3.05) is 11.1 Å². The number of carbonyl (C=O) groups is 1. The lowest BCUT2D eigenvalue weighted by Crippen LogP contribution is -2.14. The molecular formula is C15H18ClN3OS. The van der Waals surface area contributed by atoms with Gasteiger partial charge in [-0.1, -0.05) is 11.6 Å². The fourth-order valence-electron chi connectivity index (χ4n) is 1.89. The minimum atomic E-state index is 0.0229. The zero-order valence-electron chi connectivity index (χ0n) is 12.1. The van der Waals surface area contributed by atoms with Crippen LogP contribution in [0.2, 0.25) is 5.02 Å². The van der Waals surface area contributed by atoms with Crippen LogP contribution in [0.25, 0.3) is 0 Å². The number of halogens is 1. The summed E-state index contributed by atoms with van der Waals surface area (Å²) in [5.74, 6) is 1.66. The molecule has 0 saturated carbocycles. The van der Waals surface area contributed by atoms with Crippen LogP contribution in [0.3, 0.4) is 0 Å². The molecule has 0 aliphatic carbocycles. The molecule has 112 valence electrons. The Balaban J connectivity index is 1.70.